The van der Waals surface area contributed by atoms with Crippen LogP contribution in [-0.4, -0.2) is 22.2 Å². The molecule has 2 rings (SSSR count). The first-order valence-electron chi connectivity index (χ1n) is 7.85. The predicted molar refractivity (Wildman–Crippen MR) is 89.7 cm³/mol. The minimum Gasteiger partial charge on any atom is -0.353 e. The van der Waals surface area contributed by atoms with Crippen molar-refractivity contribution >= 4 is 12.0 Å². The summed E-state index contributed by atoms with van der Waals surface area (Å²) >= 11 is 0. The smallest absolute Gasteiger partial charge is 0.244 e. The summed E-state index contributed by atoms with van der Waals surface area (Å²) < 4.78 is 1.79. The molecule has 4 nitrogen and oxygen atoms in total. The normalized spacial score (nSPS) is 11.0. The Hall–Kier alpha value is -2.36. The van der Waals surface area contributed by atoms with Crippen molar-refractivity contribution in [1.29, 1.82) is 0 Å². The van der Waals surface area contributed by atoms with E-state index in [1.54, 1.807) is 23.0 Å². The molecule has 1 aromatic heterocycles. The van der Waals surface area contributed by atoms with E-state index >= 15 is 0 Å². The molecule has 0 radical (unpaired) electrons. The van der Waals surface area contributed by atoms with E-state index in [-0.39, 0.29) is 5.91 Å². The standard InChI is InChI=1S/C18H23N3O/c1-2-3-4-8-13-19-18(22)12-11-16-14-20-21(15-16)17-9-6-5-7-10-17/h5-7,9-12,14-15H,2-4,8,13H2,1H3,(H,19,22)/b12-11+. The molecule has 0 aliphatic rings. The SMILES string of the molecule is CCCCCCNC(=O)/C=C/c1cnn(-c2ccccc2)c1. The molecular weight excluding hydrogens is 274 g/mol. The van der Waals surface area contributed by atoms with Crippen LogP contribution >= 0.6 is 0 Å². The molecule has 0 unspecified atom stereocenters. The maximum absolute atomic E-state index is 11.7. The van der Waals surface area contributed by atoms with Crippen molar-refractivity contribution in [2.75, 3.05) is 6.54 Å². The lowest BCUT2D eigenvalue weighted by atomic mass is 10.2. The van der Waals surface area contributed by atoms with Crippen LogP contribution in [0.5, 0.6) is 0 Å². The first-order chi connectivity index (χ1) is 10.8. The van der Waals surface area contributed by atoms with E-state index in [9.17, 15) is 4.79 Å². The highest BCUT2D eigenvalue weighted by Crippen LogP contribution is 2.08. The number of para-hydroxylation sites is 1. The van der Waals surface area contributed by atoms with Crippen molar-refractivity contribution in [2.24, 2.45) is 0 Å². The minimum atomic E-state index is -0.0519. The summed E-state index contributed by atoms with van der Waals surface area (Å²) in [6, 6.07) is 9.89. The summed E-state index contributed by atoms with van der Waals surface area (Å²) in [5.41, 5.74) is 1.91. The zero-order chi connectivity index (χ0) is 15.6. The van der Waals surface area contributed by atoms with Gasteiger partial charge in [0, 0.05) is 24.4 Å². The van der Waals surface area contributed by atoms with Crippen LogP contribution in [-0.2, 0) is 4.79 Å². The molecule has 1 amide bonds. The van der Waals surface area contributed by atoms with Crippen LogP contribution < -0.4 is 5.32 Å². The molecule has 0 atom stereocenters. The fourth-order valence-corrected chi connectivity index (χ4v) is 2.14. The van der Waals surface area contributed by atoms with Gasteiger partial charge in [0.1, 0.15) is 0 Å². The molecule has 4 heteroatoms. The highest BCUT2D eigenvalue weighted by molar-refractivity contribution is 5.91. The molecule has 0 aliphatic heterocycles. The second-order valence-electron chi connectivity index (χ2n) is 5.24. The second kappa shape index (κ2) is 8.82. The summed E-state index contributed by atoms with van der Waals surface area (Å²) in [6.45, 7) is 2.92. The minimum absolute atomic E-state index is 0.0519. The molecule has 1 aromatic carbocycles. The molecule has 2 aromatic rings. The number of aromatic nitrogens is 2. The van der Waals surface area contributed by atoms with Gasteiger partial charge in [0.15, 0.2) is 0 Å². The number of carbonyl (C=O) groups excluding carboxylic acids is 1. The molecule has 0 spiro atoms. The number of hydrogen-bond acceptors (Lipinski definition) is 2. The number of amides is 1. The van der Waals surface area contributed by atoms with E-state index in [0.29, 0.717) is 0 Å². The van der Waals surface area contributed by atoms with Crippen molar-refractivity contribution < 1.29 is 4.79 Å². The van der Waals surface area contributed by atoms with Gasteiger partial charge in [-0.3, -0.25) is 4.79 Å². The van der Waals surface area contributed by atoms with Gasteiger partial charge in [0.05, 0.1) is 11.9 Å². The molecule has 22 heavy (non-hydrogen) atoms. The monoisotopic (exact) mass is 297 g/mol. The molecule has 1 heterocycles. The molecule has 116 valence electrons. The maximum Gasteiger partial charge on any atom is 0.244 e. The fraction of sp³-hybridized carbons (Fsp3) is 0.333. The Kier molecular flexibility index (Phi) is 6.42. The van der Waals surface area contributed by atoms with Crippen LogP contribution in [0.1, 0.15) is 38.2 Å². The molecule has 0 fully saturated rings. The Morgan fingerprint density at radius 3 is 2.82 bits per heavy atom. The molecule has 0 saturated carbocycles. The van der Waals surface area contributed by atoms with Gasteiger partial charge in [-0.2, -0.15) is 5.10 Å². The number of unbranched alkanes of at least 4 members (excludes halogenated alkanes) is 3. The van der Waals surface area contributed by atoms with E-state index < -0.39 is 0 Å². The lowest BCUT2D eigenvalue weighted by Crippen LogP contribution is -2.21. The van der Waals surface area contributed by atoms with Crippen molar-refractivity contribution in [3.8, 4) is 5.69 Å². The van der Waals surface area contributed by atoms with Gasteiger partial charge in [0.25, 0.3) is 0 Å². The first-order valence-corrected chi connectivity index (χ1v) is 7.85. The number of carbonyl (C=O) groups is 1. The van der Waals surface area contributed by atoms with Gasteiger partial charge in [-0.05, 0) is 24.6 Å². The lowest BCUT2D eigenvalue weighted by Gasteiger charge is -2.01. The number of rotatable bonds is 8. The van der Waals surface area contributed by atoms with Crippen LogP contribution in [0.3, 0.4) is 0 Å². The van der Waals surface area contributed by atoms with E-state index in [1.807, 2.05) is 36.5 Å². The van der Waals surface area contributed by atoms with Gasteiger partial charge < -0.3 is 5.32 Å². The Morgan fingerprint density at radius 2 is 2.05 bits per heavy atom. The van der Waals surface area contributed by atoms with Gasteiger partial charge in [0.2, 0.25) is 5.91 Å². The van der Waals surface area contributed by atoms with Crippen LogP contribution in [0.15, 0.2) is 48.8 Å². The summed E-state index contributed by atoms with van der Waals surface area (Å²) in [5, 5.41) is 7.19. The average Bonchev–Trinajstić information content (AvgIpc) is 3.02. The van der Waals surface area contributed by atoms with Gasteiger partial charge in [-0.15, -0.1) is 0 Å². The third-order valence-electron chi connectivity index (χ3n) is 3.38. The topological polar surface area (TPSA) is 46.9 Å². The molecular formula is C18H23N3O. The van der Waals surface area contributed by atoms with Crippen molar-refractivity contribution in [2.45, 2.75) is 32.6 Å². The molecule has 1 N–H and O–H groups in total. The van der Waals surface area contributed by atoms with Crippen LogP contribution in [0, 0.1) is 0 Å². The molecule has 0 saturated heterocycles. The van der Waals surface area contributed by atoms with Crippen molar-refractivity contribution in [3.05, 3.63) is 54.4 Å². The Morgan fingerprint density at radius 1 is 1.23 bits per heavy atom. The number of hydrogen-bond donors (Lipinski definition) is 1. The Bertz CT molecular complexity index is 602. The summed E-state index contributed by atoms with van der Waals surface area (Å²) in [7, 11) is 0. The zero-order valence-corrected chi connectivity index (χ0v) is 13.0. The van der Waals surface area contributed by atoms with Gasteiger partial charge >= 0.3 is 0 Å². The average molecular weight is 297 g/mol. The number of benzene rings is 1. The number of nitrogens with zero attached hydrogens (tertiary/aromatic N) is 2. The second-order valence-corrected chi connectivity index (χ2v) is 5.24. The zero-order valence-electron chi connectivity index (χ0n) is 13.0. The van der Waals surface area contributed by atoms with E-state index in [2.05, 4.69) is 17.3 Å². The highest BCUT2D eigenvalue weighted by Gasteiger charge is 1.99. The van der Waals surface area contributed by atoms with E-state index in [0.717, 1.165) is 24.2 Å². The van der Waals surface area contributed by atoms with Crippen molar-refractivity contribution in [1.82, 2.24) is 15.1 Å². The predicted octanol–water partition coefficient (Wildman–Crippen LogP) is 3.58. The van der Waals surface area contributed by atoms with Crippen LogP contribution in [0.2, 0.25) is 0 Å². The maximum atomic E-state index is 11.7. The quantitative estimate of drug-likeness (QED) is 0.598. The van der Waals surface area contributed by atoms with E-state index in [4.69, 9.17) is 0 Å². The molecule has 0 aliphatic carbocycles. The Labute approximate surface area is 131 Å². The van der Waals surface area contributed by atoms with Gasteiger partial charge in [-0.25, -0.2) is 4.68 Å². The summed E-state index contributed by atoms with van der Waals surface area (Å²) in [5.74, 6) is -0.0519. The number of nitrogens with one attached hydrogen (secondary N) is 1. The van der Waals surface area contributed by atoms with Crippen LogP contribution in [0.4, 0.5) is 0 Å². The van der Waals surface area contributed by atoms with E-state index in [1.165, 1.54) is 19.3 Å². The summed E-state index contributed by atoms with van der Waals surface area (Å²) in [4.78, 5) is 11.7. The fourth-order valence-electron chi connectivity index (χ4n) is 2.14. The Balaban J connectivity index is 1.81. The first kappa shape index (κ1) is 16.0. The molecule has 0 bridgehead atoms. The lowest BCUT2D eigenvalue weighted by molar-refractivity contribution is -0.116. The highest BCUT2D eigenvalue weighted by atomic mass is 16.1. The summed E-state index contributed by atoms with van der Waals surface area (Å²) in [6.07, 6.45) is 11.6. The van der Waals surface area contributed by atoms with Crippen LogP contribution in [0.25, 0.3) is 11.8 Å². The van der Waals surface area contributed by atoms with Crippen molar-refractivity contribution in [3.63, 3.8) is 0 Å². The third kappa shape index (κ3) is 5.20. The van der Waals surface area contributed by atoms with Gasteiger partial charge in [-0.1, -0.05) is 44.4 Å². The largest absolute Gasteiger partial charge is 0.353 e. The third-order valence-corrected chi connectivity index (χ3v) is 3.38.